The summed E-state index contributed by atoms with van der Waals surface area (Å²) < 4.78 is 5.40. The van der Waals surface area contributed by atoms with Gasteiger partial charge in [-0.3, -0.25) is 4.99 Å². The van der Waals surface area contributed by atoms with Gasteiger partial charge in [0.1, 0.15) is 5.75 Å². The SMILES string of the molecule is CN=C(NCCc1ccccc1OC)NCC1(c2ccccc2)CC1. The molecule has 0 atom stereocenters. The molecule has 4 heteroatoms. The number of benzene rings is 2. The van der Waals surface area contributed by atoms with E-state index in [9.17, 15) is 0 Å². The molecule has 1 aliphatic rings. The van der Waals surface area contributed by atoms with Crippen molar-refractivity contribution in [1.29, 1.82) is 0 Å². The van der Waals surface area contributed by atoms with E-state index < -0.39 is 0 Å². The summed E-state index contributed by atoms with van der Waals surface area (Å²) in [6, 6.07) is 18.9. The number of ether oxygens (including phenoxy) is 1. The Morgan fingerprint density at radius 2 is 1.76 bits per heavy atom. The molecule has 25 heavy (non-hydrogen) atoms. The van der Waals surface area contributed by atoms with Crippen molar-refractivity contribution in [2.75, 3.05) is 27.2 Å². The lowest BCUT2D eigenvalue weighted by molar-refractivity contribution is 0.409. The van der Waals surface area contributed by atoms with Crippen molar-refractivity contribution in [3.63, 3.8) is 0 Å². The molecule has 0 bridgehead atoms. The van der Waals surface area contributed by atoms with Gasteiger partial charge >= 0.3 is 0 Å². The lowest BCUT2D eigenvalue weighted by Crippen LogP contribution is -2.42. The number of methoxy groups -OCH3 is 1. The molecule has 0 saturated heterocycles. The van der Waals surface area contributed by atoms with Gasteiger partial charge in [0, 0.05) is 25.6 Å². The van der Waals surface area contributed by atoms with Crippen molar-refractivity contribution in [3.05, 3.63) is 65.7 Å². The second-order valence-electron chi connectivity index (χ2n) is 6.56. The van der Waals surface area contributed by atoms with E-state index in [-0.39, 0.29) is 5.41 Å². The summed E-state index contributed by atoms with van der Waals surface area (Å²) in [7, 11) is 3.53. The minimum Gasteiger partial charge on any atom is -0.496 e. The van der Waals surface area contributed by atoms with Crippen molar-refractivity contribution in [2.45, 2.75) is 24.7 Å². The molecule has 3 rings (SSSR count). The quantitative estimate of drug-likeness (QED) is 0.603. The fourth-order valence-electron chi connectivity index (χ4n) is 3.21. The zero-order chi connectivity index (χ0) is 17.5. The Bertz CT molecular complexity index is 708. The second-order valence-corrected chi connectivity index (χ2v) is 6.56. The van der Waals surface area contributed by atoms with Crippen molar-refractivity contribution < 1.29 is 4.74 Å². The minimum atomic E-state index is 0.279. The summed E-state index contributed by atoms with van der Waals surface area (Å²) in [5.74, 6) is 1.80. The maximum atomic E-state index is 5.40. The monoisotopic (exact) mass is 337 g/mol. The summed E-state index contributed by atoms with van der Waals surface area (Å²) in [6.07, 6.45) is 3.37. The molecule has 0 unspecified atom stereocenters. The number of guanidine groups is 1. The van der Waals surface area contributed by atoms with Crippen molar-refractivity contribution in [1.82, 2.24) is 10.6 Å². The smallest absolute Gasteiger partial charge is 0.191 e. The van der Waals surface area contributed by atoms with Gasteiger partial charge in [0.15, 0.2) is 5.96 Å². The Morgan fingerprint density at radius 1 is 1.04 bits per heavy atom. The summed E-state index contributed by atoms with van der Waals surface area (Å²) in [5, 5.41) is 6.90. The van der Waals surface area contributed by atoms with E-state index in [0.717, 1.165) is 31.2 Å². The molecule has 1 fully saturated rings. The fourth-order valence-corrected chi connectivity index (χ4v) is 3.21. The molecule has 0 amide bonds. The van der Waals surface area contributed by atoms with Crippen LogP contribution in [0.15, 0.2) is 59.6 Å². The van der Waals surface area contributed by atoms with Crippen LogP contribution >= 0.6 is 0 Å². The lowest BCUT2D eigenvalue weighted by atomic mass is 9.96. The van der Waals surface area contributed by atoms with E-state index in [0.29, 0.717) is 0 Å². The molecule has 0 radical (unpaired) electrons. The van der Waals surface area contributed by atoms with Gasteiger partial charge in [-0.25, -0.2) is 0 Å². The van der Waals surface area contributed by atoms with Gasteiger partial charge in [-0.2, -0.15) is 0 Å². The third-order valence-electron chi connectivity index (χ3n) is 4.94. The van der Waals surface area contributed by atoms with Crippen LogP contribution in [0.1, 0.15) is 24.0 Å². The molecule has 0 aromatic heterocycles. The number of para-hydroxylation sites is 1. The van der Waals surface area contributed by atoms with Gasteiger partial charge in [0.2, 0.25) is 0 Å². The van der Waals surface area contributed by atoms with E-state index in [1.165, 1.54) is 24.0 Å². The Balaban J connectivity index is 1.49. The molecule has 0 aliphatic heterocycles. The van der Waals surface area contributed by atoms with Gasteiger partial charge in [-0.15, -0.1) is 0 Å². The molecule has 2 aromatic rings. The van der Waals surface area contributed by atoms with Crippen LogP contribution in [0.2, 0.25) is 0 Å². The molecule has 1 aliphatic carbocycles. The first-order chi connectivity index (χ1) is 12.3. The highest BCUT2D eigenvalue weighted by molar-refractivity contribution is 5.79. The molecule has 2 N–H and O–H groups in total. The van der Waals surface area contributed by atoms with Crippen LogP contribution in [0, 0.1) is 0 Å². The maximum absolute atomic E-state index is 5.40. The molecule has 0 spiro atoms. The predicted molar refractivity (Wildman–Crippen MR) is 103 cm³/mol. The van der Waals surface area contributed by atoms with Gasteiger partial charge in [-0.05, 0) is 36.5 Å². The Hall–Kier alpha value is -2.49. The van der Waals surface area contributed by atoms with Crippen LogP contribution in [-0.4, -0.2) is 33.2 Å². The fraction of sp³-hybridized carbons (Fsp3) is 0.381. The zero-order valence-electron chi connectivity index (χ0n) is 15.1. The summed E-state index contributed by atoms with van der Waals surface area (Å²) in [6.45, 7) is 1.74. The molecule has 4 nitrogen and oxygen atoms in total. The second kappa shape index (κ2) is 8.06. The third-order valence-corrected chi connectivity index (χ3v) is 4.94. The molecule has 0 heterocycles. The standard InChI is InChI=1S/C21H27N3O/c1-22-20(23-15-12-17-8-6-7-11-19(17)25-2)24-16-21(13-14-21)18-9-4-3-5-10-18/h3-11H,12-16H2,1-2H3,(H2,22,23,24). The van der Waals surface area contributed by atoms with E-state index in [4.69, 9.17) is 4.74 Å². The van der Waals surface area contributed by atoms with Gasteiger partial charge in [-0.1, -0.05) is 48.5 Å². The number of hydrogen-bond donors (Lipinski definition) is 2. The van der Waals surface area contributed by atoms with Gasteiger partial charge < -0.3 is 15.4 Å². The van der Waals surface area contributed by atoms with Crippen LogP contribution in [-0.2, 0) is 11.8 Å². The third kappa shape index (κ3) is 4.32. The Labute approximate surface area is 150 Å². The van der Waals surface area contributed by atoms with Crippen LogP contribution in [0.25, 0.3) is 0 Å². The zero-order valence-corrected chi connectivity index (χ0v) is 15.1. The van der Waals surface area contributed by atoms with E-state index in [2.05, 4.69) is 52.0 Å². The number of aliphatic imine (C=N–C) groups is 1. The normalized spacial score (nSPS) is 15.5. The highest BCUT2D eigenvalue weighted by Crippen LogP contribution is 2.47. The van der Waals surface area contributed by atoms with Crippen LogP contribution in [0.3, 0.4) is 0 Å². The maximum Gasteiger partial charge on any atom is 0.191 e. The first kappa shape index (κ1) is 17.3. The molecule has 2 aromatic carbocycles. The highest BCUT2D eigenvalue weighted by Gasteiger charge is 2.43. The highest BCUT2D eigenvalue weighted by atomic mass is 16.5. The van der Waals surface area contributed by atoms with Gasteiger partial charge in [0.05, 0.1) is 7.11 Å². The van der Waals surface area contributed by atoms with Crippen LogP contribution in [0.5, 0.6) is 5.75 Å². The van der Waals surface area contributed by atoms with Gasteiger partial charge in [0.25, 0.3) is 0 Å². The van der Waals surface area contributed by atoms with E-state index in [1.807, 2.05) is 25.2 Å². The summed E-state index contributed by atoms with van der Waals surface area (Å²) >= 11 is 0. The minimum absolute atomic E-state index is 0.279. The van der Waals surface area contributed by atoms with Crippen molar-refractivity contribution in [3.8, 4) is 5.75 Å². The average Bonchev–Trinajstić information content (AvgIpc) is 3.47. The first-order valence-electron chi connectivity index (χ1n) is 8.89. The van der Waals surface area contributed by atoms with Crippen molar-refractivity contribution in [2.24, 2.45) is 4.99 Å². The largest absolute Gasteiger partial charge is 0.496 e. The molecule has 1 saturated carbocycles. The Morgan fingerprint density at radius 3 is 2.44 bits per heavy atom. The molecular weight excluding hydrogens is 310 g/mol. The molecule has 132 valence electrons. The number of nitrogens with zero attached hydrogens (tertiary/aromatic N) is 1. The number of nitrogens with one attached hydrogen (secondary N) is 2. The van der Waals surface area contributed by atoms with E-state index >= 15 is 0 Å². The van der Waals surface area contributed by atoms with Crippen LogP contribution in [0.4, 0.5) is 0 Å². The van der Waals surface area contributed by atoms with E-state index in [1.54, 1.807) is 7.11 Å². The van der Waals surface area contributed by atoms with Crippen molar-refractivity contribution >= 4 is 5.96 Å². The molecular formula is C21H27N3O. The summed E-state index contributed by atoms with van der Waals surface area (Å²) in [4.78, 5) is 4.35. The number of hydrogen-bond acceptors (Lipinski definition) is 2. The topological polar surface area (TPSA) is 45.7 Å². The average molecular weight is 337 g/mol. The Kier molecular flexibility index (Phi) is 5.59. The lowest BCUT2D eigenvalue weighted by Gasteiger charge is -2.19. The first-order valence-corrected chi connectivity index (χ1v) is 8.89. The predicted octanol–water partition coefficient (Wildman–Crippen LogP) is 3.13. The number of rotatable bonds is 7. The summed E-state index contributed by atoms with van der Waals surface area (Å²) in [5.41, 5.74) is 2.91. The van der Waals surface area contributed by atoms with Crippen LogP contribution < -0.4 is 15.4 Å².